The lowest BCUT2D eigenvalue weighted by Crippen LogP contribution is -2.44. The van der Waals surface area contributed by atoms with Crippen LogP contribution in [0.3, 0.4) is 0 Å². The van der Waals surface area contributed by atoms with E-state index in [4.69, 9.17) is 9.47 Å². The zero-order valence-corrected chi connectivity index (χ0v) is 12.3. The van der Waals surface area contributed by atoms with E-state index >= 15 is 0 Å². The number of carbonyl (C=O) groups excluding carboxylic acids is 1. The monoisotopic (exact) mass is 254 g/mol. The van der Waals surface area contributed by atoms with Crippen LogP contribution in [0.4, 0.5) is 0 Å². The third kappa shape index (κ3) is 2.48. The Morgan fingerprint density at radius 1 is 1.28 bits per heavy atom. The van der Waals surface area contributed by atoms with Gasteiger partial charge in [-0.2, -0.15) is 0 Å². The van der Waals surface area contributed by atoms with E-state index in [0.29, 0.717) is 12.2 Å². The van der Waals surface area contributed by atoms with Gasteiger partial charge in [-0.15, -0.1) is 0 Å². The maximum absolute atomic E-state index is 12.6. The van der Waals surface area contributed by atoms with Gasteiger partial charge < -0.3 is 9.47 Å². The summed E-state index contributed by atoms with van der Waals surface area (Å²) in [5, 5.41) is 0. The van der Waals surface area contributed by atoms with Crippen LogP contribution in [-0.4, -0.2) is 29.7 Å². The van der Waals surface area contributed by atoms with Crippen LogP contribution in [0.5, 0.6) is 0 Å². The highest BCUT2D eigenvalue weighted by Gasteiger charge is 2.51. The summed E-state index contributed by atoms with van der Waals surface area (Å²) in [6, 6.07) is 0. The first-order valence-electron chi connectivity index (χ1n) is 6.98. The fourth-order valence-corrected chi connectivity index (χ4v) is 3.53. The number of methoxy groups -OCH3 is 1. The Labute approximate surface area is 110 Å². The molecular weight excluding hydrogens is 228 g/mol. The topological polar surface area (TPSA) is 35.5 Å². The second-order valence-electron chi connectivity index (χ2n) is 7.11. The van der Waals surface area contributed by atoms with E-state index in [-0.39, 0.29) is 22.7 Å². The minimum absolute atomic E-state index is 0.000116. The van der Waals surface area contributed by atoms with Crippen molar-refractivity contribution in [2.45, 2.75) is 76.6 Å². The van der Waals surface area contributed by atoms with Crippen LogP contribution in [0.1, 0.15) is 59.8 Å². The number of ether oxygens (including phenoxy) is 2. The molecule has 0 aromatic heterocycles. The molecule has 0 radical (unpaired) electrons. The molecule has 0 bridgehead atoms. The number of hydrogen-bond donors (Lipinski definition) is 0. The van der Waals surface area contributed by atoms with Gasteiger partial charge in [0.1, 0.15) is 5.78 Å². The van der Waals surface area contributed by atoms with Crippen molar-refractivity contribution in [1.82, 2.24) is 0 Å². The number of carbonyl (C=O) groups is 1. The third-order valence-electron chi connectivity index (χ3n) is 4.66. The van der Waals surface area contributed by atoms with Crippen molar-refractivity contribution < 1.29 is 14.3 Å². The molecule has 3 nitrogen and oxygen atoms in total. The molecule has 0 spiro atoms. The summed E-state index contributed by atoms with van der Waals surface area (Å²) >= 11 is 0. The van der Waals surface area contributed by atoms with E-state index in [2.05, 4.69) is 13.8 Å². The molecule has 2 aliphatic rings. The highest BCUT2D eigenvalue weighted by atomic mass is 16.5. The predicted octanol–water partition coefficient (Wildman–Crippen LogP) is 3.11. The summed E-state index contributed by atoms with van der Waals surface area (Å²) in [5.41, 5.74) is -0.706. The Balaban J connectivity index is 2.05. The Morgan fingerprint density at radius 2 is 1.89 bits per heavy atom. The van der Waals surface area contributed by atoms with E-state index in [9.17, 15) is 4.79 Å². The van der Waals surface area contributed by atoms with Gasteiger partial charge in [-0.3, -0.25) is 4.79 Å². The number of ketones is 1. The Hall–Kier alpha value is -0.410. The summed E-state index contributed by atoms with van der Waals surface area (Å²) in [4.78, 5) is 12.6. The molecule has 18 heavy (non-hydrogen) atoms. The molecule has 1 aliphatic heterocycles. The number of hydrogen-bond acceptors (Lipinski definition) is 3. The van der Waals surface area contributed by atoms with E-state index in [1.165, 1.54) is 6.42 Å². The summed E-state index contributed by atoms with van der Waals surface area (Å²) < 4.78 is 11.6. The first-order valence-corrected chi connectivity index (χ1v) is 6.98. The molecule has 1 heterocycles. The second kappa shape index (κ2) is 4.31. The highest BCUT2D eigenvalue weighted by Crippen LogP contribution is 2.45. The van der Waals surface area contributed by atoms with Crippen LogP contribution in [0.25, 0.3) is 0 Å². The quantitative estimate of drug-likeness (QED) is 0.773. The Bertz CT molecular complexity index is 334. The molecule has 1 saturated heterocycles. The molecule has 0 aromatic carbocycles. The van der Waals surface area contributed by atoms with Crippen molar-refractivity contribution >= 4 is 5.78 Å². The fraction of sp³-hybridized carbons (Fsp3) is 0.933. The standard InChI is InChI=1S/C15H26O3/c1-13(2)9-11(14(3,4)18-13)12(16)10-15(17-5)7-6-8-15/h11H,6-10H2,1-5H3. The molecule has 2 rings (SSSR count). The van der Waals surface area contributed by atoms with E-state index in [1.807, 2.05) is 13.8 Å². The number of Topliss-reactive ketones (excluding diaryl/α,β-unsaturated/α-hetero) is 1. The zero-order chi connectivity index (χ0) is 13.6. The predicted molar refractivity (Wildman–Crippen MR) is 70.6 cm³/mol. The van der Waals surface area contributed by atoms with E-state index < -0.39 is 0 Å². The van der Waals surface area contributed by atoms with E-state index in [1.54, 1.807) is 7.11 Å². The molecule has 2 fully saturated rings. The van der Waals surface area contributed by atoms with Gasteiger partial charge in [0.05, 0.1) is 16.8 Å². The normalized spacial score (nSPS) is 31.9. The van der Waals surface area contributed by atoms with Crippen LogP contribution in [0.2, 0.25) is 0 Å². The smallest absolute Gasteiger partial charge is 0.141 e. The van der Waals surface area contributed by atoms with Gasteiger partial charge in [0.25, 0.3) is 0 Å². The van der Waals surface area contributed by atoms with Crippen molar-refractivity contribution in [3.63, 3.8) is 0 Å². The average Bonchev–Trinajstić information content (AvgIpc) is 2.40. The van der Waals surface area contributed by atoms with Gasteiger partial charge in [0.2, 0.25) is 0 Å². The molecule has 0 amide bonds. The third-order valence-corrected chi connectivity index (χ3v) is 4.66. The summed E-state index contributed by atoms with van der Waals surface area (Å²) in [7, 11) is 1.73. The van der Waals surface area contributed by atoms with Crippen molar-refractivity contribution in [2.75, 3.05) is 7.11 Å². The van der Waals surface area contributed by atoms with Crippen molar-refractivity contribution in [3.8, 4) is 0 Å². The molecule has 3 heteroatoms. The van der Waals surface area contributed by atoms with Crippen LogP contribution in [0.15, 0.2) is 0 Å². The lowest BCUT2D eigenvalue weighted by atomic mass is 9.72. The first-order chi connectivity index (χ1) is 8.20. The first kappa shape index (κ1) is 14.0. The van der Waals surface area contributed by atoms with Gasteiger partial charge in [0, 0.05) is 19.4 Å². The molecule has 1 saturated carbocycles. The minimum Gasteiger partial charge on any atom is -0.378 e. The van der Waals surface area contributed by atoms with Gasteiger partial charge in [0.15, 0.2) is 0 Å². The highest BCUT2D eigenvalue weighted by molar-refractivity contribution is 5.83. The minimum atomic E-state index is -0.348. The maximum Gasteiger partial charge on any atom is 0.141 e. The van der Waals surface area contributed by atoms with Crippen LogP contribution in [-0.2, 0) is 14.3 Å². The van der Waals surface area contributed by atoms with Crippen LogP contribution >= 0.6 is 0 Å². The van der Waals surface area contributed by atoms with Gasteiger partial charge in [-0.05, 0) is 53.4 Å². The molecule has 0 N–H and O–H groups in total. The van der Waals surface area contributed by atoms with Crippen molar-refractivity contribution in [1.29, 1.82) is 0 Å². The van der Waals surface area contributed by atoms with Gasteiger partial charge in [-0.1, -0.05) is 0 Å². The lowest BCUT2D eigenvalue weighted by Gasteiger charge is -2.41. The van der Waals surface area contributed by atoms with Crippen LogP contribution < -0.4 is 0 Å². The summed E-state index contributed by atoms with van der Waals surface area (Å²) in [5.74, 6) is 0.312. The Kier molecular flexibility index (Phi) is 3.35. The summed E-state index contributed by atoms with van der Waals surface area (Å²) in [6.07, 6.45) is 4.59. The molecule has 104 valence electrons. The van der Waals surface area contributed by atoms with Gasteiger partial charge >= 0.3 is 0 Å². The Morgan fingerprint density at radius 3 is 2.22 bits per heavy atom. The van der Waals surface area contributed by atoms with Crippen LogP contribution in [0, 0.1) is 5.92 Å². The second-order valence-corrected chi connectivity index (χ2v) is 7.11. The maximum atomic E-state index is 12.6. The zero-order valence-electron chi connectivity index (χ0n) is 12.3. The SMILES string of the molecule is COC1(CC(=O)C2CC(C)(C)OC2(C)C)CCC1. The molecular formula is C15H26O3. The van der Waals surface area contributed by atoms with E-state index in [0.717, 1.165) is 19.3 Å². The van der Waals surface area contributed by atoms with Gasteiger partial charge in [-0.25, -0.2) is 0 Å². The summed E-state index contributed by atoms with van der Waals surface area (Å²) in [6.45, 7) is 8.20. The molecule has 1 aliphatic carbocycles. The molecule has 1 unspecified atom stereocenters. The molecule has 0 aromatic rings. The molecule has 1 atom stereocenters. The van der Waals surface area contributed by atoms with Crippen molar-refractivity contribution in [3.05, 3.63) is 0 Å². The largest absolute Gasteiger partial charge is 0.378 e. The van der Waals surface area contributed by atoms with Crippen molar-refractivity contribution in [2.24, 2.45) is 5.92 Å². The number of rotatable bonds is 4. The average molecular weight is 254 g/mol. The lowest BCUT2D eigenvalue weighted by molar-refractivity contribution is -0.141. The fourth-order valence-electron chi connectivity index (χ4n) is 3.53.